The van der Waals surface area contributed by atoms with Crippen molar-refractivity contribution in [3.05, 3.63) is 93.6 Å². The first-order chi connectivity index (χ1) is 14.3. The molecular weight excluding hydrogens is 402 g/mol. The molecule has 1 aliphatic carbocycles. The third-order valence-electron chi connectivity index (χ3n) is 5.81. The molecular formula is C24H18F6. The summed E-state index contributed by atoms with van der Waals surface area (Å²) in [6.45, 7) is 1.92. The lowest BCUT2D eigenvalue weighted by atomic mass is 9.78. The van der Waals surface area contributed by atoms with Crippen molar-refractivity contribution >= 4 is 0 Å². The molecule has 0 N–H and O–H groups in total. The van der Waals surface area contributed by atoms with E-state index in [-0.39, 0.29) is 30.1 Å². The average molecular weight is 420 g/mol. The van der Waals surface area contributed by atoms with Crippen LogP contribution in [0.15, 0.2) is 36.4 Å². The maximum atomic E-state index is 15.1. The molecule has 0 heterocycles. The summed E-state index contributed by atoms with van der Waals surface area (Å²) in [5, 5.41) is 0. The molecule has 156 valence electrons. The Balaban J connectivity index is 1.73. The quantitative estimate of drug-likeness (QED) is 0.315. The number of fused-ring (bicyclic) bond motifs is 1. The van der Waals surface area contributed by atoms with Gasteiger partial charge in [0.1, 0.15) is 17.5 Å². The summed E-state index contributed by atoms with van der Waals surface area (Å²) in [7, 11) is 0. The van der Waals surface area contributed by atoms with Gasteiger partial charge >= 0.3 is 0 Å². The molecule has 1 atom stereocenters. The zero-order chi connectivity index (χ0) is 21.6. The fourth-order valence-corrected chi connectivity index (χ4v) is 4.20. The number of benzene rings is 3. The third-order valence-corrected chi connectivity index (χ3v) is 5.81. The standard InChI is InChI=1S/C24H18F6/c1-2-12-3-5-16(18(25)7-12)13-4-6-17-14(8-13)9-19(26)22(23(17)29)15-10-20(27)24(30)21(28)11-15/h3,5,7,9-11,13H,2,4,6,8H2,1H3. The molecule has 4 rings (SSSR count). The van der Waals surface area contributed by atoms with Crippen LogP contribution in [0.3, 0.4) is 0 Å². The lowest BCUT2D eigenvalue weighted by molar-refractivity contribution is 0.447. The summed E-state index contributed by atoms with van der Waals surface area (Å²) in [6.07, 6.45) is 1.62. The van der Waals surface area contributed by atoms with Gasteiger partial charge in [0.25, 0.3) is 0 Å². The summed E-state index contributed by atoms with van der Waals surface area (Å²) in [6, 6.07) is 7.31. The molecule has 0 aliphatic heterocycles. The molecule has 3 aromatic carbocycles. The van der Waals surface area contributed by atoms with Crippen molar-refractivity contribution < 1.29 is 26.3 Å². The van der Waals surface area contributed by atoms with Crippen molar-refractivity contribution in [1.82, 2.24) is 0 Å². The van der Waals surface area contributed by atoms with Gasteiger partial charge in [-0.05, 0) is 83.7 Å². The number of rotatable bonds is 3. The van der Waals surface area contributed by atoms with Gasteiger partial charge in [-0.25, -0.2) is 26.3 Å². The van der Waals surface area contributed by atoms with E-state index in [9.17, 15) is 22.0 Å². The molecule has 0 spiro atoms. The highest BCUT2D eigenvalue weighted by molar-refractivity contribution is 5.67. The molecule has 0 nitrogen and oxygen atoms in total. The van der Waals surface area contributed by atoms with Crippen molar-refractivity contribution in [2.45, 2.75) is 38.5 Å². The van der Waals surface area contributed by atoms with Crippen LogP contribution in [0.5, 0.6) is 0 Å². The third kappa shape index (κ3) is 3.48. The molecule has 0 saturated carbocycles. The highest BCUT2D eigenvalue weighted by Gasteiger charge is 2.28. The van der Waals surface area contributed by atoms with E-state index in [0.717, 1.165) is 11.6 Å². The zero-order valence-electron chi connectivity index (χ0n) is 16.1. The summed E-state index contributed by atoms with van der Waals surface area (Å²) in [4.78, 5) is 0. The first-order valence-corrected chi connectivity index (χ1v) is 9.73. The number of halogens is 6. The Kier molecular flexibility index (Phi) is 5.35. The van der Waals surface area contributed by atoms with Gasteiger partial charge in [-0.2, -0.15) is 0 Å². The van der Waals surface area contributed by atoms with Crippen molar-refractivity contribution in [3.8, 4) is 11.1 Å². The largest absolute Gasteiger partial charge is 0.207 e. The molecule has 0 radical (unpaired) electrons. The van der Waals surface area contributed by atoms with Crippen LogP contribution in [-0.2, 0) is 19.3 Å². The molecule has 6 heteroatoms. The Labute approximate surface area is 170 Å². The van der Waals surface area contributed by atoms with E-state index < -0.39 is 40.2 Å². The highest BCUT2D eigenvalue weighted by atomic mass is 19.2. The van der Waals surface area contributed by atoms with E-state index in [1.807, 2.05) is 13.0 Å². The maximum Gasteiger partial charge on any atom is 0.194 e. The van der Waals surface area contributed by atoms with Gasteiger partial charge in [0.2, 0.25) is 0 Å². The lowest BCUT2D eigenvalue weighted by Gasteiger charge is -2.27. The molecule has 30 heavy (non-hydrogen) atoms. The van der Waals surface area contributed by atoms with Crippen molar-refractivity contribution in [2.75, 3.05) is 0 Å². The van der Waals surface area contributed by atoms with Crippen molar-refractivity contribution in [2.24, 2.45) is 0 Å². The van der Waals surface area contributed by atoms with E-state index in [4.69, 9.17) is 0 Å². The normalized spacial score (nSPS) is 15.9. The van der Waals surface area contributed by atoms with Crippen LogP contribution < -0.4 is 0 Å². The SMILES string of the molecule is CCc1ccc(C2CCc3c(cc(F)c(-c4cc(F)c(F)c(F)c4)c3F)C2)c(F)c1. The molecule has 0 bridgehead atoms. The second kappa shape index (κ2) is 7.82. The smallest absolute Gasteiger partial charge is 0.194 e. The van der Waals surface area contributed by atoms with Crippen LogP contribution >= 0.6 is 0 Å². The van der Waals surface area contributed by atoms with Gasteiger partial charge < -0.3 is 0 Å². The molecule has 0 aromatic heterocycles. The highest BCUT2D eigenvalue weighted by Crippen LogP contribution is 2.39. The lowest BCUT2D eigenvalue weighted by Crippen LogP contribution is -2.17. The van der Waals surface area contributed by atoms with Crippen LogP contribution in [0.2, 0.25) is 0 Å². The zero-order valence-corrected chi connectivity index (χ0v) is 16.1. The molecule has 0 amide bonds. The first kappa shape index (κ1) is 20.5. The predicted molar refractivity (Wildman–Crippen MR) is 102 cm³/mol. The number of hydrogen-bond donors (Lipinski definition) is 0. The van der Waals surface area contributed by atoms with Gasteiger partial charge in [-0.1, -0.05) is 19.1 Å². The van der Waals surface area contributed by atoms with Gasteiger partial charge in [-0.15, -0.1) is 0 Å². The Bertz CT molecular complexity index is 1110. The second-order valence-corrected chi connectivity index (χ2v) is 7.59. The summed E-state index contributed by atoms with van der Waals surface area (Å²) in [5.74, 6) is -7.22. The van der Waals surface area contributed by atoms with Crippen molar-refractivity contribution in [1.29, 1.82) is 0 Å². The van der Waals surface area contributed by atoms with E-state index in [0.29, 0.717) is 36.1 Å². The molecule has 1 unspecified atom stereocenters. The molecule has 0 fully saturated rings. The molecule has 3 aromatic rings. The maximum absolute atomic E-state index is 15.1. The van der Waals surface area contributed by atoms with Crippen LogP contribution in [-0.4, -0.2) is 0 Å². The Morgan fingerprint density at radius 3 is 2.13 bits per heavy atom. The summed E-state index contributed by atoms with van der Waals surface area (Å²) >= 11 is 0. The van der Waals surface area contributed by atoms with E-state index in [1.165, 1.54) is 6.07 Å². The average Bonchev–Trinajstić information content (AvgIpc) is 2.71. The van der Waals surface area contributed by atoms with Gasteiger partial charge in [0, 0.05) is 0 Å². The van der Waals surface area contributed by atoms with E-state index in [1.54, 1.807) is 6.07 Å². The number of aryl methyl sites for hydroxylation is 1. The first-order valence-electron chi connectivity index (χ1n) is 9.73. The van der Waals surface area contributed by atoms with Gasteiger partial charge in [-0.3, -0.25) is 0 Å². The summed E-state index contributed by atoms with van der Waals surface area (Å²) < 4.78 is 84.7. The van der Waals surface area contributed by atoms with Crippen LogP contribution in [0, 0.1) is 34.9 Å². The summed E-state index contributed by atoms with van der Waals surface area (Å²) in [5.41, 5.74) is 1.000. The number of hydrogen-bond acceptors (Lipinski definition) is 0. The molecule has 1 aliphatic rings. The monoisotopic (exact) mass is 420 g/mol. The Hall–Kier alpha value is -2.76. The predicted octanol–water partition coefficient (Wildman–Crippen LogP) is 7.02. The topological polar surface area (TPSA) is 0 Å². The van der Waals surface area contributed by atoms with E-state index >= 15 is 4.39 Å². The van der Waals surface area contributed by atoms with Gasteiger partial charge in [0.05, 0.1) is 5.56 Å². The fourth-order valence-electron chi connectivity index (χ4n) is 4.20. The van der Waals surface area contributed by atoms with Crippen LogP contribution in [0.25, 0.3) is 11.1 Å². The Morgan fingerprint density at radius 2 is 1.50 bits per heavy atom. The Morgan fingerprint density at radius 1 is 0.800 bits per heavy atom. The van der Waals surface area contributed by atoms with Crippen LogP contribution in [0.4, 0.5) is 26.3 Å². The molecule has 0 saturated heterocycles. The van der Waals surface area contributed by atoms with E-state index in [2.05, 4.69) is 0 Å². The van der Waals surface area contributed by atoms with Gasteiger partial charge in [0.15, 0.2) is 17.5 Å². The van der Waals surface area contributed by atoms with Crippen LogP contribution in [0.1, 0.15) is 41.5 Å². The van der Waals surface area contributed by atoms with Crippen molar-refractivity contribution in [3.63, 3.8) is 0 Å². The minimum Gasteiger partial charge on any atom is -0.207 e. The minimum absolute atomic E-state index is 0.222. The minimum atomic E-state index is -1.70. The fraction of sp³-hybridized carbons (Fsp3) is 0.250. The second-order valence-electron chi connectivity index (χ2n) is 7.59.